The van der Waals surface area contributed by atoms with Crippen LogP contribution in [0.1, 0.15) is 25.8 Å². The number of nitrogens with zero attached hydrogens (tertiary/aromatic N) is 2. The van der Waals surface area contributed by atoms with Gasteiger partial charge in [-0.15, -0.1) is 0 Å². The quantitative estimate of drug-likeness (QED) is 0.884. The van der Waals surface area contributed by atoms with Crippen molar-refractivity contribution in [3.8, 4) is 5.75 Å². The van der Waals surface area contributed by atoms with Gasteiger partial charge < -0.3 is 15.8 Å². The summed E-state index contributed by atoms with van der Waals surface area (Å²) < 4.78 is 6.93. The number of nitrogens with two attached hydrogens (primary N) is 1. The number of aromatic nitrogens is 2. The number of hydrogen-bond acceptors (Lipinski definition) is 4. The van der Waals surface area contributed by atoms with E-state index in [0.29, 0.717) is 12.0 Å². The highest BCUT2D eigenvalue weighted by atomic mass is 16.5. The molecule has 0 aliphatic heterocycles. The number of imidazole rings is 1. The predicted octanol–water partition coefficient (Wildman–Crippen LogP) is 1.47. The Morgan fingerprint density at radius 1 is 1.55 bits per heavy atom. The number of carbonyl (C=O) groups is 1. The van der Waals surface area contributed by atoms with Gasteiger partial charge in [-0.1, -0.05) is 0 Å². The highest BCUT2D eigenvalue weighted by Crippen LogP contribution is 2.27. The molecule has 0 radical (unpaired) electrons. The fraction of sp³-hybridized carbons (Fsp3) is 0.429. The first-order chi connectivity index (χ1) is 9.60. The Labute approximate surface area is 116 Å². The number of amides is 1. The Balaban J connectivity index is 1.96. The summed E-state index contributed by atoms with van der Waals surface area (Å²) in [6, 6.07) is 5.48. The van der Waals surface area contributed by atoms with Gasteiger partial charge in [-0.25, -0.2) is 4.98 Å². The van der Waals surface area contributed by atoms with Gasteiger partial charge in [0, 0.05) is 12.1 Å². The molecular formula is C14H18N4O2. The molecule has 106 valence electrons. The van der Waals surface area contributed by atoms with E-state index in [1.54, 1.807) is 11.7 Å². The van der Waals surface area contributed by atoms with Gasteiger partial charge in [0.2, 0.25) is 11.9 Å². The molecule has 1 saturated carbocycles. The maximum Gasteiger partial charge on any atom is 0.243 e. The molecule has 1 amide bonds. The van der Waals surface area contributed by atoms with E-state index >= 15 is 0 Å². The van der Waals surface area contributed by atoms with Crippen LogP contribution in [0.2, 0.25) is 0 Å². The first-order valence-corrected chi connectivity index (χ1v) is 6.72. The molecule has 2 aromatic rings. The highest BCUT2D eigenvalue weighted by Gasteiger charge is 2.27. The van der Waals surface area contributed by atoms with E-state index in [1.165, 1.54) is 0 Å². The first kappa shape index (κ1) is 12.8. The SMILES string of the molecule is COc1ccc2c(c1)nc(N)n2C(C)C(=O)NC1CC1. The van der Waals surface area contributed by atoms with Crippen LogP contribution in [-0.4, -0.2) is 28.6 Å². The molecule has 0 saturated heterocycles. The molecule has 3 rings (SSSR count). The molecule has 0 bridgehead atoms. The molecule has 1 aliphatic rings. The first-order valence-electron chi connectivity index (χ1n) is 6.72. The minimum absolute atomic E-state index is 0.0191. The molecule has 1 unspecified atom stereocenters. The highest BCUT2D eigenvalue weighted by molar-refractivity contribution is 5.86. The zero-order chi connectivity index (χ0) is 14.3. The number of rotatable bonds is 4. The lowest BCUT2D eigenvalue weighted by atomic mass is 10.2. The van der Waals surface area contributed by atoms with Crippen LogP contribution in [-0.2, 0) is 4.79 Å². The second-order valence-corrected chi connectivity index (χ2v) is 5.15. The number of nitrogens with one attached hydrogen (secondary N) is 1. The fourth-order valence-corrected chi connectivity index (χ4v) is 2.30. The topological polar surface area (TPSA) is 82.2 Å². The third-order valence-corrected chi connectivity index (χ3v) is 3.61. The summed E-state index contributed by atoms with van der Waals surface area (Å²) in [4.78, 5) is 16.5. The lowest BCUT2D eigenvalue weighted by molar-refractivity contribution is -0.123. The second-order valence-electron chi connectivity index (χ2n) is 5.15. The summed E-state index contributed by atoms with van der Waals surface area (Å²) in [5.74, 6) is 1.04. The van der Waals surface area contributed by atoms with Crippen molar-refractivity contribution in [1.29, 1.82) is 0 Å². The third-order valence-electron chi connectivity index (χ3n) is 3.61. The lowest BCUT2D eigenvalue weighted by Crippen LogP contribution is -2.32. The monoisotopic (exact) mass is 274 g/mol. The maximum absolute atomic E-state index is 12.2. The average molecular weight is 274 g/mol. The number of fused-ring (bicyclic) bond motifs is 1. The number of benzene rings is 1. The van der Waals surface area contributed by atoms with Gasteiger partial charge in [0.1, 0.15) is 11.8 Å². The van der Waals surface area contributed by atoms with Crippen molar-refractivity contribution in [3.63, 3.8) is 0 Å². The molecule has 1 atom stereocenters. The van der Waals surface area contributed by atoms with Gasteiger partial charge in [0.05, 0.1) is 18.1 Å². The van der Waals surface area contributed by atoms with Crippen molar-refractivity contribution < 1.29 is 9.53 Å². The van der Waals surface area contributed by atoms with Crippen molar-refractivity contribution in [2.75, 3.05) is 12.8 Å². The van der Waals surface area contributed by atoms with Crippen LogP contribution in [0, 0.1) is 0 Å². The van der Waals surface area contributed by atoms with Crippen LogP contribution >= 0.6 is 0 Å². The zero-order valence-corrected chi connectivity index (χ0v) is 11.6. The van der Waals surface area contributed by atoms with Crippen LogP contribution in [0.15, 0.2) is 18.2 Å². The molecule has 6 heteroatoms. The van der Waals surface area contributed by atoms with E-state index in [9.17, 15) is 4.79 Å². The van der Waals surface area contributed by atoms with E-state index in [2.05, 4.69) is 10.3 Å². The molecule has 3 N–H and O–H groups in total. The third kappa shape index (κ3) is 2.17. The Morgan fingerprint density at radius 2 is 2.30 bits per heavy atom. The Hall–Kier alpha value is -2.24. The Morgan fingerprint density at radius 3 is 2.95 bits per heavy atom. The van der Waals surface area contributed by atoms with Gasteiger partial charge in [-0.05, 0) is 31.9 Å². The smallest absolute Gasteiger partial charge is 0.243 e. The Bertz CT molecular complexity index is 660. The normalized spacial score (nSPS) is 16.1. The number of carbonyl (C=O) groups excluding carboxylic acids is 1. The Kier molecular flexibility index (Phi) is 3.00. The van der Waals surface area contributed by atoms with Crippen LogP contribution in [0.5, 0.6) is 5.75 Å². The summed E-state index contributed by atoms with van der Waals surface area (Å²) in [7, 11) is 1.60. The summed E-state index contributed by atoms with van der Waals surface area (Å²) in [6.45, 7) is 1.83. The minimum atomic E-state index is -0.381. The number of nitrogen functional groups attached to an aromatic ring is 1. The van der Waals surface area contributed by atoms with E-state index in [1.807, 2.05) is 25.1 Å². The van der Waals surface area contributed by atoms with E-state index in [4.69, 9.17) is 10.5 Å². The number of hydrogen-bond donors (Lipinski definition) is 2. The molecule has 1 heterocycles. The number of methoxy groups -OCH3 is 1. The summed E-state index contributed by atoms with van der Waals surface area (Å²) >= 11 is 0. The van der Waals surface area contributed by atoms with E-state index in [-0.39, 0.29) is 11.9 Å². The van der Waals surface area contributed by atoms with E-state index in [0.717, 1.165) is 29.6 Å². The van der Waals surface area contributed by atoms with E-state index < -0.39 is 0 Å². The summed E-state index contributed by atoms with van der Waals surface area (Å²) in [5.41, 5.74) is 7.53. The van der Waals surface area contributed by atoms with Gasteiger partial charge in [-0.3, -0.25) is 9.36 Å². The van der Waals surface area contributed by atoms with Crippen molar-refractivity contribution in [2.24, 2.45) is 0 Å². The molecule has 20 heavy (non-hydrogen) atoms. The average Bonchev–Trinajstić information content (AvgIpc) is 3.18. The van der Waals surface area contributed by atoms with Crippen molar-refractivity contribution in [2.45, 2.75) is 31.8 Å². The van der Waals surface area contributed by atoms with Crippen LogP contribution < -0.4 is 15.8 Å². The molecule has 1 aliphatic carbocycles. The fourth-order valence-electron chi connectivity index (χ4n) is 2.30. The van der Waals surface area contributed by atoms with Crippen LogP contribution in [0.25, 0.3) is 11.0 Å². The van der Waals surface area contributed by atoms with Gasteiger partial charge >= 0.3 is 0 Å². The van der Waals surface area contributed by atoms with Gasteiger partial charge in [-0.2, -0.15) is 0 Å². The largest absolute Gasteiger partial charge is 0.497 e. The number of ether oxygens (including phenoxy) is 1. The molecule has 1 aromatic carbocycles. The lowest BCUT2D eigenvalue weighted by Gasteiger charge is -2.15. The minimum Gasteiger partial charge on any atom is -0.497 e. The molecule has 1 aromatic heterocycles. The molecule has 1 fully saturated rings. The van der Waals surface area contributed by atoms with Crippen molar-refractivity contribution in [1.82, 2.24) is 14.9 Å². The second kappa shape index (κ2) is 4.70. The summed E-state index contributed by atoms with van der Waals surface area (Å²) in [6.07, 6.45) is 2.13. The molecule has 0 spiro atoms. The standard InChI is InChI=1S/C14H18N4O2/c1-8(13(19)16-9-3-4-9)18-12-6-5-10(20-2)7-11(12)17-14(18)15/h5-9H,3-4H2,1-2H3,(H2,15,17)(H,16,19). The number of anilines is 1. The summed E-state index contributed by atoms with van der Waals surface area (Å²) in [5, 5.41) is 2.99. The van der Waals surface area contributed by atoms with Crippen LogP contribution in [0.4, 0.5) is 5.95 Å². The van der Waals surface area contributed by atoms with Crippen molar-refractivity contribution in [3.05, 3.63) is 18.2 Å². The molecule has 6 nitrogen and oxygen atoms in total. The van der Waals surface area contributed by atoms with Crippen LogP contribution in [0.3, 0.4) is 0 Å². The maximum atomic E-state index is 12.2. The van der Waals surface area contributed by atoms with Gasteiger partial charge in [0.15, 0.2) is 0 Å². The van der Waals surface area contributed by atoms with Crippen molar-refractivity contribution >= 4 is 22.9 Å². The zero-order valence-electron chi connectivity index (χ0n) is 11.6. The van der Waals surface area contributed by atoms with Gasteiger partial charge in [0.25, 0.3) is 0 Å². The molecular weight excluding hydrogens is 256 g/mol. The predicted molar refractivity (Wildman–Crippen MR) is 76.6 cm³/mol.